The molecule has 3 aromatic rings. The quantitative estimate of drug-likeness (QED) is 0.0963. The Hall–Kier alpha value is -3.02. The Bertz CT molecular complexity index is 1210. The summed E-state index contributed by atoms with van der Waals surface area (Å²) in [6.07, 6.45) is 0.360. The summed E-state index contributed by atoms with van der Waals surface area (Å²) in [4.78, 5) is 11.1. The van der Waals surface area contributed by atoms with Gasteiger partial charge in [-0.25, -0.2) is 0 Å². The maximum atomic E-state index is 11.1. The van der Waals surface area contributed by atoms with Gasteiger partial charge in [-0.2, -0.15) is 5.26 Å². The molecule has 0 saturated carbocycles. The molecule has 43 heavy (non-hydrogen) atoms. The van der Waals surface area contributed by atoms with Gasteiger partial charge < -0.3 is 23.8 Å². The van der Waals surface area contributed by atoms with Crippen molar-refractivity contribution in [2.45, 2.75) is 51.8 Å². The normalized spacial score (nSPS) is 12.7. The van der Waals surface area contributed by atoms with Crippen LogP contribution in [0, 0.1) is 11.3 Å². The van der Waals surface area contributed by atoms with Crippen LogP contribution in [0.15, 0.2) is 78.9 Å². The lowest BCUT2D eigenvalue weighted by Crippen LogP contribution is -2.54. The summed E-state index contributed by atoms with van der Waals surface area (Å²) in [6, 6.07) is 28.4. The van der Waals surface area contributed by atoms with Crippen molar-refractivity contribution in [3.05, 3.63) is 95.6 Å². The predicted molar refractivity (Wildman–Crippen MR) is 170 cm³/mol. The maximum Gasteiger partial charge on any atom is 0.416 e. The van der Waals surface area contributed by atoms with Crippen molar-refractivity contribution >= 4 is 8.53 Å². The molecule has 0 amide bonds. The van der Waals surface area contributed by atoms with Crippen LogP contribution in [0.5, 0.6) is 11.5 Å². The predicted octanol–water partition coefficient (Wildman–Crippen LogP) is 6.81. The van der Waals surface area contributed by atoms with Crippen molar-refractivity contribution in [1.29, 1.82) is 5.26 Å². The van der Waals surface area contributed by atoms with Crippen LogP contribution in [0.1, 0.15) is 50.8 Å². The minimum Gasteiger partial charge on any atom is -0.497 e. The van der Waals surface area contributed by atoms with E-state index in [9.17, 15) is 10.2 Å². The van der Waals surface area contributed by atoms with Crippen molar-refractivity contribution in [2.75, 3.05) is 47.2 Å². The van der Waals surface area contributed by atoms with E-state index >= 15 is 0 Å². The Morgan fingerprint density at radius 1 is 0.744 bits per heavy atom. The van der Waals surface area contributed by atoms with Crippen molar-refractivity contribution in [2.24, 2.45) is 0 Å². The van der Waals surface area contributed by atoms with Crippen LogP contribution in [0.4, 0.5) is 0 Å². The van der Waals surface area contributed by atoms with E-state index in [1.807, 2.05) is 66.7 Å². The fourth-order valence-corrected chi connectivity index (χ4v) is 7.05. The molecule has 1 N–H and O–H groups in total. The number of nitriles is 1. The molecule has 0 bridgehead atoms. The van der Waals surface area contributed by atoms with Crippen molar-refractivity contribution in [1.82, 2.24) is 0 Å². The highest BCUT2D eigenvalue weighted by Gasteiger charge is 2.45. The molecule has 9 heteroatoms. The molecule has 8 nitrogen and oxygen atoms in total. The third kappa shape index (κ3) is 8.13. The Kier molecular flexibility index (Phi) is 13.4. The van der Waals surface area contributed by atoms with Gasteiger partial charge in [0.15, 0.2) is 0 Å². The van der Waals surface area contributed by atoms with E-state index in [4.69, 9.17) is 23.5 Å². The van der Waals surface area contributed by atoms with Crippen LogP contribution in [0.25, 0.3) is 0 Å². The van der Waals surface area contributed by atoms with Gasteiger partial charge in [0.05, 0.1) is 71.8 Å². The average molecular weight is 610 g/mol. The van der Waals surface area contributed by atoms with E-state index < -0.39 is 14.1 Å². The fraction of sp³-hybridized carbons (Fsp3) is 0.441. The first-order valence-electron chi connectivity index (χ1n) is 14.7. The Morgan fingerprint density at radius 3 is 1.70 bits per heavy atom. The van der Waals surface area contributed by atoms with Gasteiger partial charge in [-0.05, 0) is 68.7 Å². The molecule has 0 fully saturated rings. The molecule has 1 unspecified atom stereocenters. The first-order chi connectivity index (χ1) is 20.8. The number of hydrogen-bond donors (Lipinski definition) is 1. The lowest BCUT2D eigenvalue weighted by atomic mass is 9.80. The average Bonchev–Trinajstić information content (AvgIpc) is 3.03. The van der Waals surface area contributed by atoms with Gasteiger partial charge in [0.2, 0.25) is 0 Å². The monoisotopic (exact) mass is 609 g/mol. The van der Waals surface area contributed by atoms with Gasteiger partial charge in [-0.1, -0.05) is 54.6 Å². The minimum atomic E-state index is -1.81. The van der Waals surface area contributed by atoms with E-state index in [1.165, 1.54) is 0 Å². The summed E-state index contributed by atoms with van der Waals surface area (Å²) in [6.45, 7) is 9.97. The van der Waals surface area contributed by atoms with E-state index in [0.29, 0.717) is 37.0 Å². The van der Waals surface area contributed by atoms with E-state index in [1.54, 1.807) is 14.2 Å². The third-order valence-electron chi connectivity index (χ3n) is 7.84. The number of nitrogens with zero attached hydrogens (tertiary/aromatic N) is 2. The molecule has 3 rings (SSSR count). The van der Waals surface area contributed by atoms with E-state index in [0.717, 1.165) is 28.2 Å². The molecular formula is C34H46N2O6P+. The molecule has 0 spiro atoms. The summed E-state index contributed by atoms with van der Waals surface area (Å²) in [5, 5.41) is 9.18. The van der Waals surface area contributed by atoms with Crippen LogP contribution >= 0.6 is 8.53 Å². The lowest BCUT2D eigenvalue weighted by Gasteiger charge is -2.45. The molecule has 0 aliphatic carbocycles. The number of quaternary nitrogens is 1. The van der Waals surface area contributed by atoms with E-state index in [-0.39, 0.29) is 18.7 Å². The molecular weight excluding hydrogens is 563 g/mol. The largest absolute Gasteiger partial charge is 0.497 e. The molecule has 0 aliphatic heterocycles. The second-order valence-corrected chi connectivity index (χ2v) is 12.3. The van der Waals surface area contributed by atoms with Gasteiger partial charge >= 0.3 is 8.53 Å². The highest BCUT2D eigenvalue weighted by molar-refractivity contribution is 7.39. The Balaban J connectivity index is 1.75. The molecule has 0 aliphatic rings. The van der Waals surface area contributed by atoms with Gasteiger partial charge in [0, 0.05) is 0 Å². The summed E-state index contributed by atoms with van der Waals surface area (Å²) in [7, 11) is 1.49. The van der Waals surface area contributed by atoms with Crippen molar-refractivity contribution < 1.29 is 32.6 Å². The highest BCUT2D eigenvalue weighted by Crippen LogP contribution is 2.49. The first-order valence-corrected chi connectivity index (χ1v) is 15.9. The second-order valence-electron chi connectivity index (χ2n) is 10.8. The van der Waals surface area contributed by atoms with Gasteiger partial charge in [0.25, 0.3) is 0 Å². The van der Waals surface area contributed by atoms with Gasteiger partial charge in [-0.3, -0.25) is 8.78 Å². The first kappa shape index (κ1) is 34.5. The van der Waals surface area contributed by atoms with Crippen LogP contribution in [0.3, 0.4) is 0 Å². The topological polar surface area (TPSA) is 90.2 Å². The van der Waals surface area contributed by atoms with Gasteiger partial charge in [0.1, 0.15) is 17.1 Å². The summed E-state index contributed by atoms with van der Waals surface area (Å²) < 4.78 is 29.8. The molecule has 3 aromatic carbocycles. The highest BCUT2D eigenvalue weighted by atomic mass is 31.2. The standard InChI is InChI=1S/C34H46N2O6P/c1-27(2)36(28(3)4,22-10-21-35)43(37)42-26-24-40-23-25-41-34(29-11-8-7-9-12-29,30-13-17-32(38-5)18-14-30)31-15-19-33(39-6)20-16-31/h7-9,11-20,27-28,37H,10,22-26H2,1-6H3/q+1. The van der Waals surface area contributed by atoms with Crippen molar-refractivity contribution in [3.63, 3.8) is 0 Å². The number of rotatable bonds is 18. The molecule has 1 atom stereocenters. The van der Waals surface area contributed by atoms with Crippen LogP contribution < -0.4 is 9.47 Å². The Labute approximate surface area is 258 Å². The lowest BCUT2D eigenvalue weighted by molar-refractivity contribution is -0.861. The van der Waals surface area contributed by atoms with Crippen molar-refractivity contribution in [3.8, 4) is 17.6 Å². The van der Waals surface area contributed by atoms with E-state index in [2.05, 4.69) is 45.9 Å². The number of ether oxygens (including phenoxy) is 4. The van der Waals surface area contributed by atoms with Gasteiger partial charge in [-0.15, -0.1) is 0 Å². The molecule has 0 saturated heterocycles. The second kappa shape index (κ2) is 16.7. The molecule has 0 aromatic heterocycles. The third-order valence-corrected chi connectivity index (χ3v) is 10.0. The van der Waals surface area contributed by atoms with Crippen LogP contribution in [0.2, 0.25) is 0 Å². The number of methoxy groups -OCH3 is 2. The van der Waals surface area contributed by atoms with Crippen LogP contribution in [-0.4, -0.2) is 68.4 Å². The zero-order valence-electron chi connectivity index (χ0n) is 26.2. The summed E-state index contributed by atoms with van der Waals surface area (Å²) >= 11 is 0. The zero-order chi connectivity index (χ0) is 31.3. The SMILES string of the molecule is COc1ccc(C(OCCOCCOP(O)[N+](CCC#N)(C(C)C)C(C)C)(c2ccccc2)c2ccc(OC)cc2)cc1. The molecule has 0 radical (unpaired) electrons. The zero-order valence-corrected chi connectivity index (χ0v) is 27.1. The number of hydrogen-bond acceptors (Lipinski definition) is 7. The molecule has 0 heterocycles. The van der Waals surface area contributed by atoms with Crippen LogP contribution in [-0.2, 0) is 19.6 Å². The smallest absolute Gasteiger partial charge is 0.416 e. The molecule has 232 valence electrons. The Morgan fingerprint density at radius 2 is 1.23 bits per heavy atom. The summed E-state index contributed by atoms with van der Waals surface area (Å²) in [5.41, 5.74) is 1.97. The number of benzene rings is 3. The minimum absolute atomic E-state index is 0.112. The fourth-order valence-electron chi connectivity index (χ4n) is 5.54. The summed E-state index contributed by atoms with van der Waals surface area (Å²) in [5.74, 6) is 1.52. The maximum absolute atomic E-state index is 11.1.